The number of alkyl halides is 9. The standard InChI is InChI=1S/C20H22F9N3O2/c21-18(22,23)13-4-3-12(14(9-13)31-5-1-2-6-31)10-30-7-8-32(17(33)34)15(11-30)16(19(24,25)26)20(27,28)29/h3-4,9,15-16H,1-2,5-8,10-11H2,(H,33,34). The van der Waals surface area contributed by atoms with E-state index in [1.807, 2.05) is 0 Å². The van der Waals surface area contributed by atoms with Crippen molar-refractivity contribution in [2.45, 2.75) is 44.0 Å². The van der Waals surface area contributed by atoms with Gasteiger partial charge in [-0.1, -0.05) is 6.07 Å². The quantitative estimate of drug-likeness (QED) is 0.569. The van der Waals surface area contributed by atoms with Crippen LogP contribution in [0.4, 0.5) is 50.0 Å². The number of nitrogens with zero attached hydrogens (tertiary/aromatic N) is 3. The Morgan fingerprint density at radius 2 is 1.53 bits per heavy atom. The Morgan fingerprint density at radius 1 is 0.941 bits per heavy atom. The van der Waals surface area contributed by atoms with E-state index >= 15 is 0 Å². The molecule has 1 N–H and O–H groups in total. The molecule has 2 saturated heterocycles. The number of halogens is 9. The molecule has 1 atom stereocenters. The highest BCUT2D eigenvalue weighted by Gasteiger charge is 2.62. The van der Waals surface area contributed by atoms with E-state index in [0.29, 0.717) is 18.7 Å². The van der Waals surface area contributed by atoms with E-state index in [4.69, 9.17) is 0 Å². The monoisotopic (exact) mass is 507 g/mol. The second-order valence-corrected chi connectivity index (χ2v) is 8.37. The van der Waals surface area contributed by atoms with Crippen LogP contribution in [0.5, 0.6) is 0 Å². The molecule has 0 spiro atoms. The Kier molecular flexibility index (Phi) is 7.21. The zero-order valence-corrected chi connectivity index (χ0v) is 17.6. The maximum atomic E-state index is 13.3. The molecule has 1 aromatic rings. The fourth-order valence-electron chi connectivity index (χ4n) is 4.52. The van der Waals surface area contributed by atoms with E-state index in [0.717, 1.165) is 25.0 Å². The van der Waals surface area contributed by atoms with Crippen LogP contribution in [0.2, 0.25) is 0 Å². The topological polar surface area (TPSA) is 47.0 Å². The van der Waals surface area contributed by atoms with Crippen LogP contribution in [-0.4, -0.2) is 72.1 Å². The SMILES string of the molecule is O=C(O)N1CCN(Cc2ccc(C(F)(F)F)cc2N2CCCC2)CC1C(C(F)(F)F)C(F)(F)F. The van der Waals surface area contributed by atoms with Crippen LogP contribution >= 0.6 is 0 Å². The lowest BCUT2D eigenvalue weighted by atomic mass is 9.94. The van der Waals surface area contributed by atoms with E-state index in [9.17, 15) is 49.4 Å². The average molecular weight is 507 g/mol. The van der Waals surface area contributed by atoms with E-state index < -0.39 is 55.2 Å². The highest BCUT2D eigenvalue weighted by atomic mass is 19.4. The summed E-state index contributed by atoms with van der Waals surface area (Å²) in [5.41, 5.74) is -0.387. The second-order valence-electron chi connectivity index (χ2n) is 8.37. The van der Waals surface area contributed by atoms with Crippen molar-refractivity contribution in [2.75, 3.05) is 37.6 Å². The van der Waals surface area contributed by atoms with Crippen molar-refractivity contribution in [3.05, 3.63) is 29.3 Å². The lowest BCUT2D eigenvalue weighted by Crippen LogP contribution is -2.62. The number of carbonyl (C=O) groups is 1. The Bertz CT molecular complexity index is 866. The van der Waals surface area contributed by atoms with Gasteiger partial charge in [0, 0.05) is 45.0 Å². The molecule has 1 amide bonds. The molecule has 14 heteroatoms. The smallest absolute Gasteiger partial charge is 0.416 e. The van der Waals surface area contributed by atoms with Crippen molar-refractivity contribution in [3.8, 4) is 0 Å². The predicted octanol–water partition coefficient (Wildman–Crippen LogP) is 5.21. The van der Waals surface area contributed by atoms with Gasteiger partial charge >= 0.3 is 24.6 Å². The molecule has 2 aliphatic heterocycles. The highest BCUT2D eigenvalue weighted by molar-refractivity contribution is 5.65. The van der Waals surface area contributed by atoms with E-state index in [1.54, 1.807) is 4.90 Å². The fourth-order valence-corrected chi connectivity index (χ4v) is 4.52. The van der Waals surface area contributed by atoms with Crippen molar-refractivity contribution in [3.63, 3.8) is 0 Å². The normalized spacial score (nSPS) is 20.9. The van der Waals surface area contributed by atoms with Gasteiger partial charge in [-0.25, -0.2) is 4.79 Å². The molecule has 3 rings (SSSR count). The van der Waals surface area contributed by atoms with Crippen LogP contribution in [0.25, 0.3) is 0 Å². The predicted molar refractivity (Wildman–Crippen MR) is 102 cm³/mol. The molecule has 0 aromatic heterocycles. The van der Waals surface area contributed by atoms with Gasteiger partial charge in [0.05, 0.1) is 11.6 Å². The van der Waals surface area contributed by atoms with Gasteiger partial charge in [0.25, 0.3) is 0 Å². The number of anilines is 1. The minimum Gasteiger partial charge on any atom is -0.465 e. The van der Waals surface area contributed by atoms with Crippen LogP contribution in [0.3, 0.4) is 0 Å². The molecular weight excluding hydrogens is 485 g/mol. The summed E-state index contributed by atoms with van der Waals surface area (Å²) in [6.07, 6.45) is -16.6. The average Bonchev–Trinajstić information content (AvgIpc) is 3.19. The first kappa shape index (κ1) is 26.2. The lowest BCUT2D eigenvalue weighted by Gasteiger charge is -2.44. The Labute approximate surface area is 188 Å². The molecule has 2 fully saturated rings. The minimum absolute atomic E-state index is 0.135. The van der Waals surface area contributed by atoms with Crippen LogP contribution in [0.1, 0.15) is 24.0 Å². The van der Waals surface area contributed by atoms with E-state index in [2.05, 4.69) is 0 Å². The lowest BCUT2D eigenvalue weighted by molar-refractivity contribution is -0.300. The van der Waals surface area contributed by atoms with Crippen LogP contribution in [0.15, 0.2) is 18.2 Å². The second kappa shape index (κ2) is 9.34. The van der Waals surface area contributed by atoms with Gasteiger partial charge in [-0.15, -0.1) is 0 Å². The van der Waals surface area contributed by atoms with Gasteiger partial charge in [0.15, 0.2) is 5.92 Å². The summed E-state index contributed by atoms with van der Waals surface area (Å²) in [5, 5.41) is 9.22. The number of hydrogen-bond donors (Lipinski definition) is 1. The zero-order valence-electron chi connectivity index (χ0n) is 17.6. The first-order valence-electron chi connectivity index (χ1n) is 10.4. The Hall–Kier alpha value is -2.38. The van der Waals surface area contributed by atoms with Gasteiger partial charge < -0.3 is 14.9 Å². The third-order valence-electron chi connectivity index (χ3n) is 6.09. The summed E-state index contributed by atoms with van der Waals surface area (Å²) in [4.78, 5) is 14.5. The summed E-state index contributed by atoms with van der Waals surface area (Å²) in [5.74, 6) is -3.90. The van der Waals surface area contributed by atoms with E-state index in [-0.39, 0.29) is 23.7 Å². The number of benzene rings is 1. The number of piperazine rings is 1. The number of carboxylic acid groups (broad SMARTS) is 1. The Balaban J connectivity index is 1.92. The molecule has 1 aromatic carbocycles. The van der Waals surface area contributed by atoms with Crippen molar-refractivity contribution in [2.24, 2.45) is 5.92 Å². The summed E-state index contributed by atoms with van der Waals surface area (Å²) in [6.45, 7) is -0.956. The molecule has 2 heterocycles. The summed E-state index contributed by atoms with van der Waals surface area (Å²) in [6, 6.07) is 0.463. The minimum atomic E-state index is -5.74. The first-order valence-corrected chi connectivity index (χ1v) is 10.4. The van der Waals surface area contributed by atoms with Crippen molar-refractivity contribution in [1.82, 2.24) is 9.80 Å². The summed E-state index contributed by atoms with van der Waals surface area (Å²) < 4.78 is 120. The zero-order chi connectivity index (χ0) is 25.5. The van der Waals surface area contributed by atoms with Gasteiger partial charge in [-0.3, -0.25) is 4.90 Å². The third-order valence-corrected chi connectivity index (χ3v) is 6.09. The number of hydrogen-bond acceptors (Lipinski definition) is 3. The van der Waals surface area contributed by atoms with Gasteiger partial charge in [-0.05, 0) is 30.5 Å². The van der Waals surface area contributed by atoms with Gasteiger partial charge in [0.2, 0.25) is 0 Å². The fraction of sp³-hybridized carbons (Fsp3) is 0.650. The molecule has 192 valence electrons. The largest absolute Gasteiger partial charge is 0.465 e. The van der Waals surface area contributed by atoms with Crippen LogP contribution < -0.4 is 4.90 Å². The molecule has 5 nitrogen and oxygen atoms in total. The molecule has 1 unspecified atom stereocenters. The van der Waals surface area contributed by atoms with Crippen LogP contribution in [0, 0.1) is 5.92 Å². The van der Waals surface area contributed by atoms with E-state index in [1.165, 1.54) is 11.0 Å². The summed E-state index contributed by atoms with van der Waals surface area (Å²) >= 11 is 0. The first-order chi connectivity index (χ1) is 15.6. The van der Waals surface area contributed by atoms with Gasteiger partial charge in [0.1, 0.15) is 0 Å². The number of rotatable bonds is 4. The van der Waals surface area contributed by atoms with Crippen LogP contribution in [-0.2, 0) is 12.7 Å². The molecule has 0 saturated carbocycles. The molecule has 0 radical (unpaired) electrons. The number of amides is 1. The summed E-state index contributed by atoms with van der Waals surface area (Å²) in [7, 11) is 0. The van der Waals surface area contributed by atoms with Crippen molar-refractivity contribution < 1.29 is 49.4 Å². The Morgan fingerprint density at radius 3 is 2.03 bits per heavy atom. The maximum Gasteiger partial charge on any atom is 0.416 e. The van der Waals surface area contributed by atoms with Crippen molar-refractivity contribution in [1.29, 1.82) is 0 Å². The van der Waals surface area contributed by atoms with Gasteiger partial charge in [-0.2, -0.15) is 39.5 Å². The molecule has 34 heavy (non-hydrogen) atoms. The van der Waals surface area contributed by atoms with Crippen molar-refractivity contribution >= 4 is 11.8 Å². The molecule has 0 aliphatic carbocycles. The molecular formula is C20H22F9N3O2. The molecule has 2 aliphatic rings. The third kappa shape index (κ3) is 5.81. The molecule has 0 bridgehead atoms. The maximum absolute atomic E-state index is 13.3. The highest BCUT2D eigenvalue weighted by Crippen LogP contribution is 2.44.